The molecule has 0 unspecified atom stereocenters. The number of sulfone groups is 1. The standard InChI is InChI=1S/C11H12O2S2/c1-2-15(12,13)8-9-7-14-11-6-4-3-5-10(9)11/h3-7H,2,8H2,1H3. The minimum absolute atomic E-state index is 0.160. The first-order chi connectivity index (χ1) is 7.12. The largest absolute Gasteiger partial charge is 0.229 e. The topological polar surface area (TPSA) is 34.1 Å². The van der Waals surface area contributed by atoms with Crippen molar-refractivity contribution in [3.63, 3.8) is 0 Å². The predicted octanol–water partition coefficient (Wildman–Crippen LogP) is 2.84. The van der Waals surface area contributed by atoms with Crippen LogP contribution in [0.15, 0.2) is 29.6 Å². The second-order valence-corrected chi connectivity index (χ2v) is 6.70. The van der Waals surface area contributed by atoms with Gasteiger partial charge in [0.1, 0.15) is 0 Å². The SMILES string of the molecule is CCS(=O)(=O)Cc1csc2ccccc12. The normalized spacial score (nSPS) is 12.1. The molecule has 0 fully saturated rings. The first-order valence-corrected chi connectivity index (χ1v) is 7.48. The lowest BCUT2D eigenvalue weighted by molar-refractivity contribution is 0.596. The fourth-order valence-corrected chi connectivity index (χ4v) is 3.47. The van der Waals surface area contributed by atoms with Gasteiger partial charge in [0.05, 0.1) is 5.75 Å². The maximum Gasteiger partial charge on any atom is 0.154 e. The van der Waals surface area contributed by atoms with Gasteiger partial charge < -0.3 is 0 Å². The average molecular weight is 240 g/mol. The van der Waals surface area contributed by atoms with Crippen LogP contribution in [0.4, 0.5) is 0 Å². The maximum atomic E-state index is 11.5. The van der Waals surface area contributed by atoms with Gasteiger partial charge in [0.2, 0.25) is 0 Å². The summed E-state index contributed by atoms with van der Waals surface area (Å²) in [5, 5.41) is 3.01. The van der Waals surface area contributed by atoms with E-state index in [4.69, 9.17) is 0 Å². The van der Waals surface area contributed by atoms with E-state index in [-0.39, 0.29) is 11.5 Å². The molecule has 1 aromatic carbocycles. The fourth-order valence-electron chi connectivity index (χ4n) is 1.48. The van der Waals surface area contributed by atoms with E-state index in [2.05, 4.69) is 0 Å². The lowest BCUT2D eigenvalue weighted by atomic mass is 10.2. The number of hydrogen-bond acceptors (Lipinski definition) is 3. The highest BCUT2D eigenvalue weighted by molar-refractivity contribution is 7.90. The van der Waals surface area contributed by atoms with Crippen molar-refractivity contribution in [3.8, 4) is 0 Å². The molecule has 0 saturated carbocycles. The van der Waals surface area contributed by atoms with Gasteiger partial charge in [-0.1, -0.05) is 25.1 Å². The smallest absolute Gasteiger partial charge is 0.154 e. The number of rotatable bonds is 3. The molecule has 4 heteroatoms. The van der Waals surface area contributed by atoms with E-state index < -0.39 is 9.84 Å². The highest BCUT2D eigenvalue weighted by Gasteiger charge is 2.12. The Labute approximate surface area is 93.5 Å². The second-order valence-electron chi connectivity index (χ2n) is 3.43. The zero-order valence-electron chi connectivity index (χ0n) is 8.43. The van der Waals surface area contributed by atoms with Crippen molar-refractivity contribution >= 4 is 31.3 Å². The quantitative estimate of drug-likeness (QED) is 0.826. The molecule has 0 saturated heterocycles. The van der Waals surface area contributed by atoms with Crippen LogP contribution in [0, 0.1) is 0 Å². The third-order valence-corrected chi connectivity index (χ3v) is 5.02. The van der Waals surface area contributed by atoms with Gasteiger partial charge in [-0.15, -0.1) is 11.3 Å². The average Bonchev–Trinajstić information content (AvgIpc) is 2.62. The third kappa shape index (κ3) is 2.21. The predicted molar refractivity (Wildman–Crippen MR) is 65.0 cm³/mol. The van der Waals surface area contributed by atoms with Crippen molar-refractivity contribution in [1.82, 2.24) is 0 Å². The van der Waals surface area contributed by atoms with Gasteiger partial charge in [-0.3, -0.25) is 0 Å². The van der Waals surface area contributed by atoms with Crippen molar-refractivity contribution in [2.24, 2.45) is 0 Å². The fraction of sp³-hybridized carbons (Fsp3) is 0.273. The molecule has 2 rings (SSSR count). The first kappa shape index (κ1) is 10.6. The van der Waals surface area contributed by atoms with Crippen molar-refractivity contribution in [2.75, 3.05) is 5.75 Å². The molecule has 1 aromatic heterocycles. The second kappa shape index (κ2) is 3.94. The van der Waals surface area contributed by atoms with Crippen LogP contribution in [0.1, 0.15) is 12.5 Å². The molecule has 0 atom stereocenters. The molecule has 0 aliphatic rings. The lowest BCUT2D eigenvalue weighted by Crippen LogP contribution is -2.05. The number of benzene rings is 1. The summed E-state index contributed by atoms with van der Waals surface area (Å²) in [5.74, 6) is 0.366. The van der Waals surface area contributed by atoms with Crippen molar-refractivity contribution in [2.45, 2.75) is 12.7 Å². The number of thiophene rings is 1. The summed E-state index contributed by atoms with van der Waals surface area (Å²) in [4.78, 5) is 0. The van der Waals surface area contributed by atoms with Crippen molar-refractivity contribution in [3.05, 3.63) is 35.2 Å². The van der Waals surface area contributed by atoms with E-state index in [1.54, 1.807) is 18.3 Å². The van der Waals surface area contributed by atoms with E-state index in [1.165, 1.54) is 0 Å². The monoisotopic (exact) mass is 240 g/mol. The Kier molecular flexibility index (Phi) is 2.80. The summed E-state index contributed by atoms with van der Waals surface area (Å²) in [6.45, 7) is 1.68. The minimum atomic E-state index is -2.93. The molecule has 0 amide bonds. The van der Waals surface area contributed by atoms with E-state index in [0.29, 0.717) is 0 Å². The Balaban J connectivity index is 2.46. The Morgan fingerprint density at radius 1 is 1.27 bits per heavy atom. The van der Waals surface area contributed by atoms with Gasteiger partial charge in [0, 0.05) is 10.5 Å². The molecule has 0 spiro atoms. The summed E-state index contributed by atoms with van der Waals surface area (Å²) in [7, 11) is -2.93. The highest BCUT2D eigenvalue weighted by Crippen LogP contribution is 2.27. The summed E-state index contributed by atoms with van der Waals surface area (Å²) >= 11 is 1.60. The molecule has 0 aliphatic heterocycles. The van der Waals surface area contributed by atoms with Crippen LogP contribution in [0.2, 0.25) is 0 Å². The van der Waals surface area contributed by atoms with Gasteiger partial charge in [-0.05, 0) is 22.4 Å². The van der Waals surface area contributed by atoms with Crippen LogP contribution in [-0.2, 0) is 15.6 Å². The van der Waals surface area contributed by atoms with Crippen LogP contribution in [0.25, 0.3) is 10.1 Å². The van der Waals surface area contributed by atoms with Gasteiger partial charge in [0.15, 0.2) is 9.84 Å². The number of hydrogen-bond donors (Lipinski definition) is 0. The van der Waals surface area contributed by atoms with E-state index in [9.17, 15) is 8.42 Å². The highest BCUT2D eigenvalue weighted by atomic mass is 32.2. The summed E-state index contributed by atoms with van der Waals surface area (Å²) in [6, 6.07) is 7.91. The summed E-state index contributed by atoms with van der Waals surface area (Å²) < 4.78 is 24.2. The molecule has 15 heavy (non-hydrogen) atoms. The molecule has 0 bridgehead atoms. The summed E-state index contributed by atoms with van der Waals surface area (Å²) in [5.41, 5.74) is 0.928. The van der Waals surface area contributed by atoms with Crippen LogP contribution in [0.3, 0.4) is 0 Å². The van der Waals surface area contributed by atoms with Gasteiger partial charge in [0.25, 0.3) is 0 Å². The van der Waals surface area contributed by atoms with Crippen molar-refractivity contribution in [1.29, 1.82) is 0 Å². The molecule has 2 nitrogen and oxygen atoms in total. The molecule has 0 N–H and O–H groups in total. The van der Waals surface area contributed by atoms with Crippen LogP contribution >= 0.6 is 11.3 Å². The zero-order valence-corrected chi connectivity index (χ0v) is 10.1. The van der Waals surface area contributed by atoms with Gasteiger partial charge >= 0.3 is 0 Å². The first-order valence-electron chi connectivity index (χ1n) is 4.78. The molecule has 0 aliphatic carbocycles. The van der Waals surface area contributed by atoms with Crippen LogP contribution < -0.4 is 0 Å². The third-order valence-electron chi connectivity index (χ3n) is 2.38. The van der Waals surface area contributed by atoms with Crippen LogP contribution in [0.5, 0.6) is 0 Å². The Morgan fingerprint density at radius 3 is 2.73 bits per heavy atom. The molecule has 0 radical (unpaired) electrons. The Bertz CT molecular complexity index is 567. The lowest BCUT2D eigenvalue weighted by Gasteiger charge is -1.99. The van der Waals surface area contributed by atoms with E-state index >= 15 is 0 Å². The Morgan fingerprint density at radius 2 is 2.00 bits per heavy atom. The zero-order chi connectivity index (χ0) is 10.9. The van der Waals surface area contributed by atoms with Crippen LogP contribution in [-0.4, -0.2) is 14.2 Å². The molecule has 80 valence electrons. The van der Waals surface area contributed by atoms with Crippen molar-refractivity contribution < 1.29 is 8.42 Å². The van der Waals surface area contributed by atoms with E-state index in [1.807, 2.05) is 29.6 Å². The molecule has 1 heterocycles. The Hall–Kier alpha value is -0.870. The molecular formula is C11H12O2S2. The molecule has 2 aromatic rings. The van der Waals surface area contributed by atoms with E-state index in [0.717, 1.165) is 15.6 Å². The minimum Gasteiger partial charge on any atom is -0.229 e. The van der Waals surface area contributed by atoms with Gasteiger partial charge in [-0.2, -0.15) is 0 Å². The maximum absolute atomic E-state index is 11.5. The summed E-state index contributed by atoms with van der Waals surface area (Å²) in [6.07, 6.45) is 0. The van der Waals surface area contributed by atoms with Gasteiger partial charge in [-0.25, -0.2) is 8.42 Å². The molecular weight excluding hydrogens is 228 g/mol. The number of fused-ring (bicyclic) bond motifs is 1.